The van der Waals surface area contributed by atoms with E-state index in [1.807, 2.05) is 20.9 Å². The van der Waals surface area contributed by atoms with Crippen LogP contribution < -0.4 is 10.1 Å². The highest BCUT2D eigenvalue weighted by molar-refractivity contribution is 6.30. The van der Waals surface area contributed by atoms with Crippen molar-refractivity contribution in [1.29, 1.82) is 0 Å². The van der Waals surface area contributed by atoms with Gasteiger partial charge >= 0.3 is 6.01 Å². The molecule has 2 aromatic carbocycles. The summed E-state index contributed by atoms with van der Waals surface area (Å²) < 4.78 is 13.3. The molecule has 0 spiro atoms. The van der Waals surface area contributed by atoms with Crippen molar-refractivity contribution in [1.82, 2.24) is 19.5 Å². The van der Waals surface area contributed by atoms with Crippen molar-refractivity contribution in [3.8, 4) is 11.8 Å². The number of hydrogen-bond donors (Lipinski definition) is 1. The van der Waals surface area contributed by atoms with Crippen LogP contribution in [0.15, 0.2) is 42.7 Å². The fraction of sp³-hybridized carbons (Fsp3) is 0.320. The second-order valence-electron chi connectivity index (χ2n) is 8.62. The molecule has 3 heterocycles. The first-order valence-electron chi connectivity index (χ1n) is 11.0. The summed E-state index contributed by atoms with van der Waals surface area (Å²) in [6.45, 7) is 6.43. The van der Waals surface area contributed by atoms with E-state index >= 15 is 0 Å². The molecule has 5 rings (SSSR count). The molecule has 1 aliphatic heterocycles. The van der Waals surface area contributed by atoms with Crippen LogP contribution >= 0.6 is 11.6 Å². The Hall–Kier alpha value is -3.16. The molecule has 0 unspecified atom stereocenters. The van der Waals surface area contributed by atoms with Crippen LogP contribution in [0.3, 0.4) is 0 Å². The Morgan fingerprint density at radius 2 is 1.82 bits per heavy atom. The highest BCUT2D eigenvalue weighted by atomic mass is 35.5. The molecule has 2 aromatic heterocycles. The fourth-order valence-electron chi connectivity index (χ4n) is 4.18. The van der Waals surface area contributed by atoms with E-state index in [2.05, 4.69) is 50.2 Å². The van der Waals surface area contributed by atoms with E-state index in [4.69, 9.17) is 26.1 Å². The van der Waals surface area contributed by atoms with Crippen molar-refractivity contribution in [2.75, 3.05) is 18.5 Å². The third-order valence-corrected chi connectivity index (χ3v) is 6.13. The van der Waals surface area contributed by atoms with Crippen molar-refractivity contribution in [2.24, 2.45) is 13.0 Å². The first kappa shape index (κ1) is 21.7. The number of benzene rings is 2. The lowest BCUT2D eigenvalue weighted by Gasteiger charge is -2.25. The smallest absolute Gasteiger partial charge is 0.321 e. The molecule has 0 saturated carbocycles. The molecule has 0 aliphatic carbocycles. The second-order valence-corrected chi connectivity index (χ2v) is 9.06. The molecule has 1 saturated heterocycles. The lowest BCUT2D eigenvalue weighted by Crippen LogP contribution is -2.29. The van der Waals surface area contributed by atoms with E-state index < -0.39 is 0 Å². The summed E-state index contributed by atoms with van der Waals surface area (Å²) in [6.07, 6.45) is 4.10. The van der Waals surface area contributed by atoms with E-state index in [9.17, 15) is 0 Å². The van der Waals surface area contributed by atoms with Crippen LogP contribution in [0.4, 0.5) is 5.95 Å². The summed E-state index contributed by atoms with van der Waals surface area (Å²) >= 11 is 5.86. The summed E-state index contributed by atoms with van der Waals surface area (Å²) in [7, 11) is 2.05. The number of aromatic nitrogens is 4. The lowest BCUT2D eigenvalue weighted by atomic mass is 9.98. The van der Waals surface area contributed by atoms with Crippen LogP contribution in [0.2, 0.25) is 5.02 Å². The van der Waals surface area contributed by atoms with Gasteiger partial charge in [-0.1, -0.05) is 29.8 Å². The normalized spacial score (nSPS) is 13.8. The van der Waals surface area contributed by atoms with Crippen LogP contribution in [0, 0.1) is 19.8 Å². The first-order chi connectivity index (χ1) is 16.0. The topological polar surface area (TPSA) is 74.1 Å². The Bertz CT molecular complexity index is 1280. The van der Waals surface area contributed by atoms with Crippen LogP contribution in [0.1, 0.15) is 22.3 Å². The monoisotopic (exact) mass is 463 g/mol. The third kappa shape index (κ3) is 4.65. The van der Waals surface area contributed by atoms with Crippen LogP contribution in [-0.4, -0.2) is 32.7 Å². The van der Waals surface area contributed by atoms with Gasteiger partial charge in [-0.25, -0.2) is 15.0 Å². The average Bonchev–Trinajstić information content (AvgIpc) is 3.08. The van der Waals surface area contributed by atoms with Crippen molar-refractivity contribution < 1.29 is 9.47 Å². The van der Waals surface area contributed by atoms with Crippen LogP contribution in [0.5, 0.6) is 11.8 Å². The summed E-state index contributed by atoms with van der Waals surface area (Å²) in [6, 6.07) is 11.0. The molecule has 33 heavy (non-hydrogen) atoms. The van der Waals surface area contributed by atoms with Gasteiger partial charge in [0.05, 0.1) is 41.7 Å². The Labute approximate surface area is 197 Å². The van der Waals surface area contributed by atoms with Crippen molar-refractivity contribution >= 4 is 28.6 Å². The van der Waals surface area contributed by atoms with Gasteiger partial charge in [0.25, 0.3) is 0 Å². The number of imidazole rings is 1. The van der Waals surface area contributed by atoms with Crippen molar-refractivity contribution in [3.63, 3.8) is 0 Å². The van der Waals surface area contributed by atoms with Gasteiger partial charge in [0.2, 0.25) is 5.95 Å². The minimum atomic E-state index is 0.278. The zero-order valence-electron chi connectivity index (χ0n) is 18.9. The molecule has 170 valence electrons. The molecule has 1 fully saturated rings. The zero-order chi connectivity index (χ0) is 22.9. The number of fused-ring (bicyclic) bond motifs is 1. The van der Waals surface area contributed by atoms with Gasteiger partial charge in [-0.3, -0.25) is 0 Å². The number of halogens is 1. The highest BCUT2D eigenvalue weighted by Crippen LogP contribution is 2.29. The average molecular weight is 464 g/mol. The number of nitrogens with zero attached hydrogens (tertiary/aromatic N) is 4. The molecule has 1 aliphatic rings. The maximum atomic E-state index is 5.90. The molecule has 7 nitrogen and oxygen atoms in total. The Kier molecular flexibility index (Phi) is 5.91. The molecule has 0 bridgehead atoms. The predicted octanol–water partition coefficient (Wildman–Crippen LogP) is 5.23. The van der Waals surface area contributed by atoms with Gasteiger partial charge in [0, 0.05) is 19.5 Å². The first-order valence-corrected chi connectivity index (χ1v) is 11.4. The molecular formula is C25H26ClN5O2. The minimum absolute atomic E-state index is 0.278. The Balaban J connectivity index is 1.30. The Morgan fingerprint density at radius 3 is 2.48 bits per heavy atom. The van der Waals surface area contributed by atoms with Gasteiger partial charge in [-0.15, -0.1) is 0 Å². The molecular weight excluding hydrogens is 438 g/mol. The second kappa shape index (κ2) is 9.00. The molecule has 0 radical (unpaired) electrons. The molecule has 4 aromatic rings. The van der Waals surface area contributed by atoms with E-state index in [0.29, 0.717) is 17.5 Å². The summed E-state index contributed by atoms with van der Waals surface area (Å²) in [5.41, 5.74) is 6.63. The van der Waals surface area contributed by atoms with E-state index in [1.54, 1.807) is 0 Å². The molecule has 0 atom stereocenters. The summed E-state index contributed by atoms with van der Waals surface area (Å²) in [4.78, 5) is 13.0. The van der Waals surface area contributed by atoms with Gasteiger partial charge in [0.1, 0.15) is 5.75 Å². The quantitative estimate of drug-likeness (QED) is 0.404. The molecule has 8 heteroatoms. The maximum absolute atomic E-state index is 5.90. The Morgan fingerprint density at radius 1 is 1.09 bits per heavy atom. The van der Waals surface area contributed by atoms with E-state index in [-0.39, 0.29) is 6.01 Å². The molecule has 1 N–H and O–H groups in total. The van der Waals surface area contributed by atoms with E-state index in [1.165, 1.54) is 18.0 Å². The number of ether oxygens (including phenoxy) is 2. The summed E-state index contributed by atoms with van der Waals surface area (Å²) in [5, 5.41) is 3.96. The lowest BCUT2D eigenvalue weighted by molar-refractivity contribution is -0.0312. The van der Waals surface area contributed by atoms with Crippen molar-refractivity contribution in [3.05, 3.63) is 70.0 Å². The number of rotatable bonds is 7. The van der Waals surface area contributed by atoms with Crippen LogP contribution in [0.25, 0.3) is 11.0 Å². The number of hydrogen-bond acceptors (Lipinski definition) is 6. The van der Waals surface area contributed by atoms with Gasteiger partial charge < -0.3 is 19.4 Å². The number of nitrogens with one attached hydrogen (secondary N) is 1. The van der Waals surface area contributed by atoms with Gasteiger partial charge in [-0.05, 0) is 54.7 Å². The third-order valence-electron chi connectivity index (χ3n) is 5.94. The number of aryl methyl sites for hydroxylation is 3. The van der Waals surface area contributed by atoms with Crippen molar-refractivity contribution in [2.45, 2.75) is 26.8 Å². The van der Waals surface area contributed by atoms with Gasteiger partial charge in [-0.2, -0.15) is 0 Å². The van der Waals surface area contributed by atoms with Crippen LogP contribution in [-0.2, 0) is 24.8 Å². The van der Waals surface area contributed by atoms with Gasteiger partial charge in [0.15, 0.2) is 0 Å². The van der Waals surface area contributed by atoms with E-state index in [0.717, 1.165) is 59.1 Å². The maximum Gasteiger partial charge on any atom is 0.321 e. The predicted molar refractivity (Wildman–Crippen MR) is 129 cm³/mol. The summed E-state index contributed by atoms with van der Waals surface area (Å²) in [5.74, 6) is 2.24. The minimum Gasteiger partial charge on any atom is -0.424 e. The fourth-order valence-corrected chi connectivity index (χ4v) is 4.28. The zero-order valence-corrected chi connectivity index (χ0v) is 19.7. The largest absolute Gasteiger partial charge is 0.424 e. The highest BCUT2D eigenvalue weighted by Gasteiger charge is 2.19. The molecule has 0 amide bonds. The number of anilines is 1. The standard InChI is InChI=1S/C25H26ClN5O2/c1-15-6-18(7-16(2)23(15)33-25-28-11-20(26)12-29-25)10-27-24-30-21-5-4-17(8-19-13-32-14-19)9-22(21)31(24)3/h4-7,9,11-12,19H,8,10,13-14H2,1-3H3,(H,27,30). The SMILES string of the molecule is Cc1cc(CNc2nc3ccc(CC4COC4)cc3n2C)cc(C)c1Oc1ncc(Cl)cn1.